The summed E-state index contributed by atoms with van der Waals surface area (Å²) in [7, 11) is -3.17. The average Bonchev–Trinajstić information content (AvgIpc) is 2.92. The number of amides is 1. The van der Waals surface area contributed by atoms with E-state index in [2.05, 4.69) is 14.9 Å². The number of hydrogen-bond donors (Lipinski definition) is 0. The zero-order chi connectivity index (χ0) is 20.0. The minimum Gasteiger partial charge on any atom is -0.341 e. The summed E-state index contributed by atoms with van der Waals surface area (Å²) in [5.41, 5.74) is 1.07. The van der Waals surface area contributed by atoms with Crippen LogP contribution in [0.5, 0.6) is 0 Å². The van der Waals surface area contributed by atoms with Crippen molar-refractivity contribution in [3.8, 4) is 0 Å². The Morgan fingerprint density at radius 1 is 1.07 bits per heavy atom. The van der Waals surface area contributed by atoms with Gasteiger partial charge in [0.15, 0.2) is 15.0 Å². The largest absolute Gasteiger partial charge is 0.341 e. The highest BCUT2D eigenvalue weighted by Gasteiger charge is 2.19. The van der Waals surface area contributed by atoms with Crippen molar-refractivity contribution in [1.29, 1.82) is 0 Å². The molecule has 0 spiro atoms. The van der Waals surface area contributed by atoms with Crippen molar-refractivity contribution >= 4 is 27.5 Å². The molecule has 1 fully saturated rings. The van der Waals surface area contributed by atoms with Gasteiger partial charge in [0.1, 0.15) is 0 Å². The molecule has 9 heteroatoms. The molecular weight excluding hydrogens is 396 g/mol. The van der Waals surface area contributed by atoms with Gasteiger partial charge in [0.05, 0.1) is 10.6 Å². The van der Waals surface area contributed by atoms with Gasteiger partial charge in [-0.15, -0.1) is 0 Å². The maximum absolute atomic E-state index is 12.5. The van der Waals surface area contributed by atoms with Gasteiger partial charge in [0, 0.05) is 51.4 Å². The summed E-state index contributed by atoms with van der Waals surface area (Å²) >= 11 is 1.36. The van der Waals surface area contributed by atoms with Crippen molar-refractivity contribution in [3.63, 3.8) is 0 Å². The van der Waals surface area contributed by atoms with Gasteiger partial charge in [0.25, 0.3) is 0 Å². The Balaban J connectivity index is 1.49. The molecule has 3 rings (SSSR count). The van der Waals surface area contributed by atoms with Crippen LogP contribution in [0.1, 0.15) is 12.0 Å². The predicted octanol–water partition coefficient (Wildman–Crippen LogP) is 1.71. The van der Waals surface area contributed by atoms with Crippen molar-refractivity contribution in [2.45, 2.75) is 23.0 Å². The second kappa shape index (κ2) is 9.49. The lowest BCUT2D eigenvalue weighted by Crippen LogP contribution is -2.36. The fourth-order valence-corrected chi connectivity index (χ4v) is 4.39. The highest BCUT2D eigenvalue weighted by atomic mass is 32.2. The van der Waals surface area contributed by atoms with Crippen LogP contribution in [0.2, 0.25) is 0 Å². The van der Waals surface area contributed by atoms with E-state index in [4.69, 9.17) is 0 Å². The van der Waals surface area contributed by atoms with Crippen LogP contribution in [0.3, 0.4) is 0 Å². The number of carbonyl (C=O) groups excluding carboxylic acids is 1. The average molecular weight is 421 g/mol. The molecule has 0 saturated carbocycles. The first-order valence-corrected chi connectivity index (χ1v) is 12.0. The van der Waals surface area contributed by atoms with Gasteiger partial charge in [-0.2, -0.15) is 0 Å². The third-order valence-corrected chi connectivity index (χ3v) is 6.55. The van der Waals surface area contributed by atoms with E-state index in [1.54, 1.807) is 30.6 Å². The smallest absolute Gasteiger partial charge is 0.233 e. The number of nitrogens with zero attached hydrogens (tertiary/aromatic N) is 4. The fraction of sp³-hybridized carbons (Fsp3) is 0.421. The molecule has 1 saturated heterocycles. The standard InChI is InChI=1S/C19H24N4O3S2/c1-28(25,26)17-6-4-16(5-7-17)14-22-10-3-11-23(13-12-22)18(24)15-27-19-20-8-2-9-21-19/h2,4-9H,3,10-15H2,1H3. The molecule has 2 aromatic rings. The first kappa shape index (κ1) is 20.8. The molecule has 7 nitrogen and oxygen atoms in total. The Morgan fingerprint density at radius 2 is 1.79 bits per heavy atom. The van der Waals surface area contributed by atoms with Crippen LogP contribution in [0.15, 0.2) is 52.8 Å². The molecule has 0 N–H and O–H groups in total. The SMILES string of the molecule is CS(=O)(=O)c1ccc(CN2CCCN(C(=O)CSc3ncccn3)CC2)cc1. The second-order valence-corrected chi connectivity index (χ2v) is 9.70. The second-order valence-electron chi connectivity index (χ2n) is 6.75. The normalized spacial score (nSPS) is 16.0. The third-order valence-electron chi connectivity index (χ3n) is 4.57. The van der Waals surface area contributed by atoms with Crippen LogP contribution in [0.4, 0.5) is 0 Å². The van der Waals surface area contributed by atoms with Crippen LogP contribution in [0.25, 0.3) is 0 Å². The van der Waals surface area contributed by atoms with Crippen molar-refractivity contribution < 1.29 is 13.2 Å². The Hall–Kier alpha value is -1.97. The van der Waals surface area contributed by atoms with E-state index in [9.17, 15) is 13.2 Å². The third kappa shape index (κ3) is 6.02. The molecule has 28 heavy (non-hydrogen) atoms. The van der Waals surface area contributed by atoms with Gasteiger partial charge in [-0.1, -0.05) is 23.9 Å². The maximum atomic E-state index is 12.5. The van der Waals surface area contributed by atoms with Crippen molar-refractivity contribution in [3.05, 3.63) is 48.3 Å². The lowest BCUT2D eigenvalue weighted by Gasteiger charge is -2.22. The van der Waals surface area contributed by atoms with Crippen molar-refractivity contribution in [2.24, 2.45) is 0 Å². The van der Waals surface area contributed by atoms with E-state index in [0.717, 1.165) is 38.2 Å². The van der Waals surface area contributed by atoms with Gasteiger partial charge in [-0.3, -0.25) is 9.69 Å². The highest BCUT2D eigenvalue weighted by molar-refractivity contribution is 7.99. The zero-order valence-electron chi connectivity index (χ0n) is 15.8. The van der Waals surface area contributed by atoms with Crippen molar-refractivity contribution in [2.75, 3.05) is 38.2 Å². The Bertz CT molecular complexity index is 889. The molecule has 1 aromatic heterocycles. The summed E-state index contributed by atoms with van der Waals surface area (Å²) < 4.78 is 23.1. The van der Waals surface area contributed by atoms with E-state index in [1.165, 1.54) is 18.0 Å². The molecule has 1 aliphatic heterocycles. The molecule has 2 heterocycles. The van der Waals surface area contributed by atoms with Crippen LogP contribution < -0.4 is 0 Å². The van der Waals surface area contributed by atoms with E-state index in [0.29, 0.717) is 22.3 Å². The molecule has 0 bridgehead atoms. The van der Waals surface area contributed by atoms with E-state index in [1.807, 2.05) is 17.0 Å². The van der Waals surface area contributed by atoms with Crippen LogP contribution in [0, 0.1) is 0 Å². The Morgan fingerprint density at radius 3 is 2.46 bits per heavy atom. The first-order chi connectivity index (χ1) is 13.4. The minimum absolute atomic E-state index is 0.108. The minimum atomic E-state index is -3.17. The Labute approximate surface area is 170 Å². The summed E-state index contributed by atoms with van der Waals surface area (Å²) in [5.74, 6) is 0.452. The monoisotopic (exact) mass is 420 g/mol. The summed E-state index contributed by atoms with van der Waals surface area (Å²) in [6.45, 7) is 3.90. The van der Waals surface area contributed by atoms with Crippen LogP contribution in [-0.2, 0) is 21.2 Å². The zero-order valence-corrected chi connectivity index (χ0v) is 17.5. The quantitative estimate of drug-likeness (QED) is 0.520. The molecule has 0 atom stereocenters. The number of hydrogen-bond acceptors (Lipinski definition) is 7. The van der Waals surface area contributed by atoms with Gasteiger partial charge < -0.3 is 4.90 Å². The van der Waals surface area contributed by atoms with Crippen LogP contribution in [-0.4, -0.2) is 72.3 Å². The summed E-state index contributed by atoms with van der Waals surface area (Å²) in [4.78, 5) is 25.3. The molecule has 1 aliphatic rings. The summed E-state index contributed by atoms with van der Waals surface area (Å²) in [5, 5.41) is 0.616. The molecule has 0 unspecified atom stereocenters. The van der Waals surface area contributed by atoms with Crippen molar-refractivity contribution in [1.82, 2.24) is 19.8 Å². The summed E-state index contributed by atoms with van der Waals surface area (Å²) in [6, 6.07) is 8.79. The van der Waals surface area contributed by atoms with Crippen LogP contribution >= 0.6 is 11.8 Å². The van der Waals surface area contributed by atoms with Gasteiger partial charge in [-0.25, -0.2) is 18.4 Å². The molecule has 0 aliphatic carbocycles. The van der Waals surface area contributed by atoms with E-state index in [-0.39, 0.29) is 5.91 Å². The van der Waals surface area contributed by atoms with Gasteiger partial charge >= 0.3 is 0 Å². The topological polar surface area (TPSA) is 83.5 Å². The lowest BCUT2D eigenvalue weighted by atomic mass is 10.2. The molecule has 1 aromatic carbocycles. The molecule has 150 valence electrons. The highest BCUT2D eigenvalue weighted by Crippen LogP contribution is 2.15. The van der Waals surface area contributed by atoms with E-state index >= 15 is 0 Å². The lowest BCUT2D eigenvalue weighted by molar-refractivity contribution is -0.128. The number of carbonyl (C=O) groups is 1. The fourth-order valence-electron chi connectivity index (χ4n) is 3.06. The number of thioether (sulfide) groups is 1. The Kier molecular flexibility index (Phi) is 7.03. The predicted molar refractivity (Wildman–Crippen MR) is 109 cm³/mol. The van der Waals surface area contributed by atoms with E-state index < -0.39 is 9.84 Å². The summed E-state index contributed by atoms with van der Waals surface area (Å²) in [6.07, 6.45) is 5.47. The molecule has 0 radical (unpaired) electrons. The number of benzene rings is 1. The molecular formula is C19H24N4O3S2. The first-order valence-electron chi connectivity index (χ1n) is 9.11. The molecule has 1 amide bonds. The number of aromatic nitrogens is 2. The maximum Gasteiger partial charge on any atom is 0.233 e. The number of sulfone groups is 1. The number of rotatable bonds is 6. The van der Waals surface area contributed by atoms with Gasteiger partial charge in [-0.05, 0) is 30.2 Å². The van der Waals surface area contributed by atoms with Gasteiger partial charge in [0.2, 0.25) is 5.91 Å².